The molecule has 0 radical (unpaired) electrons. The van der Waals surface area contributed by atoms with Crippen molar-refractivity contribution in [1.82, 2.24) is 15.2 Å². The van der Waals surface area contributed by atoms with Gasteiger partial charge in [-0.2, -0.15) is 0 Å². The largest absolute Gasteiger partial charge is 0.506 e. The molecule has 0 aliphatic carbocycles. The van der Waals surface area contributed by atoms with Gasteiger partial charge in [-0.05, 0) is 111 Å². The minimum Gasteiger partial charge on any atom is -0.506 e. The van der Waals surface area contributed by atoms with Crippen molar-refractivity contribution in [1.29, 1.82) is 0 Å². The first kappa shape index (κ1) is 41.4. The van der Waals surface area contributed by atoms with Gasteiger partial charge in [0.05, 0.1) is 17.3 Å². The number of fused-ring (bicyclic) bond motifs is 1. The number of nitrogens with one attached hydrogen (secondary N) is 3. The number of pyridine rings is 1. The molecular formula is C45H58N4O5SSi. The highest BCUT2D eigenvalue weighted by Crippen LogP contribution is 2.41. The van der Waals surface area contributed by atoms with Crippen LogP contribution in [0, 0.1) is 0 Å². The summed E-state index contributed by atoms with van der Waals surface area (Å²) in [5, 5.41) is 18.0. The van der Waals surface area contributed by atoms with Crippen molar-refractivity contribution < 1.29 is 19.1 Å². The van der Waals surface area contributed by atoms with E-state index >= 15 is 0 Å². The van der Waals surface area contributed by atoms with Gasteiger partial charge in [0.1, 0.15) is 11.9 Å². The fraction of sp³-hybridized carbons (Fsp3) is 0.422. The molecule has 3 heterocycles. The Kier molecular flexibility index (Phi) is 13.9. The van der Waals surface area contributed by atoms with Crippen molar-refractivity contribution in [3.05, 3.63) is 117 Å². The number of carbonyl (C=O) groups is 1. The van der Waals surface area contributed by atoms with Crippen LogP contribution in [0.4, 0.5) is 10.5 Å². The standard InChI is InChI=1S/C45H58N4O5SSi/c1-45(2,3)56(4,5)54-41(37-21-23-40(50)43-38(37)22-24-42(51)48-43)31-46-27-11-15-34-19-20-35(55-34)16-12-28-49-29-25-33(26-30-49)53-44(52)47-39-18-10-9-17-36(39)32-13-7-6-8-14-32/h6-10,13-14,17-24,33,41,46,50H,11-12,15-16,25-31H2,1-5H3,(H,47,52)(H,48,51)/t41-/m1/s1. The average Bonchev–Trinajstić information content (AvgIpc) is 3.63. The second kappa shape index (κ2) is 18.8. The molecule has 1 saturated heterocycles. The number of amides is 1. The predicted molar refractivity (Wildman–Crippen MR) is 233 cm³/mol. The molecule has 1 amide bonds. The number of hydrogen-bond donors (Lipinski definition) is 4. The number of H-pyrrole nitrogens is 1. The Morgan fingerprint density at radius 2 is 1.62 bits per heavy atom. The third-order valence-corrected chi connectivity index (χ3v) is 17.0. The predicted octanol–water partition coefficient (Wildman–Crippen LogP) is 9.89. The zero-order chi connectivity index (χ0) is 39.7. The Labute approximate surface area is 336 Å². The number of aromatic amines is 1. The molecule has 0 bridgehead atoms. The van der Waals surface area contributed by atoms with Crippen LogP contribution in [0.15, 0.2) is 95.8 Å². The molecule has 6 rings (SSSR count). The van der Waals surface area contributed by atoms with Crippen LogP contribution >= 0.6 is 11.3 Å². The molecule has 11 heteroatoms. The molecule has 0 saturated carbocycles. The Morgan fingerprint density at radius 3 is 2.36 bits per heavy atom. The minimum absolute atomic E-state index is 0.0336. The number of phenolic OH excluding ortho intramolecular Hbond substituents is 1. The number of likely N-dealkylation sites (tertiary alicyclic amines) is 1. The van der Waals surface area contributed by atoms with Gasteiger partial charge in [-0.3, -0.25) is 10.1 Å². The van der Waals surface area contributed by atoms with Gasteiger partial charge in [0, 0.05) is 46.4 Å². The van der Waals surface area contributed by atoms with E-state index in [1.165, 1.54) is 15.8 Å². The zero-order valence-corrected chi connectivity index (χ0v) is 35.3. The number of nitrogens with zero attached hydrogens (tertiary/aromatic N) is 1. The monoisotopic (exact) mass is 794 g/mol. The lowest BCUT2D eigenvalue weighted by Crippen LogP contribution is -2.43. The van der Waals surface area contributed by atoms with Crippen molar-refractivity contribution in [3.63, 3.8) is 0 Å². The molecule has 0 unspecified atom stereocenters. The first-order valence-corrected chi connectivity index (χ1v) is 23.7. The number of carbonyl (C=O) groups excluding carboxylic acids is 1. The number of aryl methyl sites for hydroxylation is 2. The summed E-state index contributed by atoms with van der Waals surface area (Å²) in [6.07, 6.45) is 5.24. The van der Waals surface area contributed by atoms with Gasteiger partial charge in [0.15, 0.2) is 8.32 Å². The summed E-state index contributed by atoms with van der Waals surface area (Å²) in [5.41, 5.74) is 3.97. The second-order valence-corrected chi connectivity index (χ2v) is 22.4. The van der Waals surface area contributed by atoms with Gasteiger partial charge in [-0.25, -0.2) is 4.79 Å². The summed E-state index contributed by atoms with van der Waals surface area (Å²) in [6.45, 7) is 15.6. The summed E-state index contributed by atoms with van der Waals surface area (Å²) in [4.78, 5) is 33.0. The van der Waals surface area contributed by atoms with Gasteiger partial charge in [-0.1, -0.05) is 75.4 Å². The third-order valence-electron chi connectivity index (χ3n) is 11.3. The van der Waals surface area contributed by atoms with Crippen LogP contribution in [0.3, 0.4) is 0 Å². The fourth-order valence-corrected chi connectivity index (χ4v) is 9.46. The number of hydrogen-bond acceptors (Lipinski definition) is 8. The van der Waals surface area contributed by atoms with Crippen LogP contribution in [0.2, 0.25) is 18.1 Å². The quantitative estimate of drug-likeness (QED) is 0.0581. The number of aromatic hydroxyl groups is 1. The number of para-hydroxylation sites is 1. The van der Waals surface area contributed by atoms with Crippen molar-refractivity contribution in [2.24, 2.45) is 0 Å². The SMILES string of the molecule is CC(C)(C)[Si](C)(C)O[C@H](CNCCCc1ccc(CCCN2CCC(OC(=O)Nc3ccccc3-c3ccccc3)CC2)s1)c1ccc(O)c2[nH]c(=O)ccc12. The van der Waals surface area contributed by atoms with Gasteiger partial charge >= 0.3 is 6.09 Å². The van der Waals surface area contributed by atoms with E-state index in [0.29, 0.717) is 12.1 Å². The third kappa shape index (κ3) is 11.0. The maximum atomic E-state index is 12.8. The minimum atomic E-state index is -2.13. The first-order chi connectivity index (χ1) is 26.9. The van der Waals surface area contributed by atoms with Gasteiger partial charge in [0.25, 0.3) is 0 Å². The van der Waals surface area contributed by atoms with Gasteiger partial charge < -0.3 is 29.5 Å². The van der Waals surface area contributed by atoms with Crippen molar-refractivity contribution in [3.8, 4) is 16.9 Å². The Hall–Kier alpha value is -4.26. The molecule has 56 heavy (non-hydrogen) atoms. The molecule has 298 valence electrons. The number of piperidine rings is 1. The number of benzene rings is 3. The average molecular weight is 795 g/mol. The molecule has 9 nitrogen and oxygen atoms in total. The number of ether oxygens (including phenoxy) is 1. The summed E-state index contributed by atoms with van der Waals surface area (Å²) in [6, 6.07) is 29.3. The van der Waals surface area contributed by atoms with Crippen LogP contribution in [0.25, 0.3) is 22.0 Å². The van der Waals surface area contributed by atoms with E-state index in [1.807, 2.05) is 72.0 Å². The number of anilines is 1. The summed E-state index contributed by atoms with van der Waals surface area (Å²) >= 11 is 1.92. The number of thiophene rings is 1. The molecule has 1 atom stereocenters. The van der Waals surface area contributed by atoms with Gasteiger partial charge in [0.2, 0.25) is 5.56 Å². The normalized spacial score (nSPS) is 14.9. The van der Waals surface area contributed by atoms with Crippen LogP contribution in [0.5, 0.6) is 5.75 Å². The molecule has 2 aromatic heterocycles. The van der Waals surface area contributed by atoms with E-state index in [9.17, 15) is 14.7 Å². The van der Waals surface area contributed by atoms with Crippen LogP contribution in [-0.4, -0.2) is 68.2 Å². The highest BCUT2D eigenvalue weighted by Gasteiger charge is 2.39. The van der Waals surface area contributed by atoms with E-state index in [-0.39, 0.29) is 28.6 Å². The van der Waals surface area contributed by atoms with E-state index in [2.05, 4.69) is 66.5 Å². The van der Waals surface area contributed by atoms with E-state index in [0.717, 1.165) is 92.5 Å². The zero-order valence-electron chi connectivity index (χ0n) is 33.5. The number of aromatic nitrogens is 1. The topological polar surface area (TPSA) is 116 Å². The van der Waals surface area contributed by atoms with E-state index in [1.54, 1.807) is 12.1 Å². The molecule has 0 spiro atoms. The lowest BCUT2D eigenvalue weighted by Gasteiger charge is -2.39. The van der Waals surface area contributed by atoms with Crippen LogP contribution in [0.1, 0.15) is 67.9 Å². The van der Waals surface area contributed by atoms with Crippen molar-refractivity contribution >= 4 is 42.3 Å². The Morgan fingerprint density at radius 1 is 0.929 bits per heavy atom. The lowest BCUT2D eigenvalue weighted by atomic mass is 10.0. The van der Waals surface area contributed by atoms with Crippen LogP contribution < -0.4 is 16.2 Å². The molecule has 3 aromatic carbocycles. The second-order valence-electron chi connectivity index (χ2n) is 16.4. The highest BCUT2D eigenvalue weighted by atomic mass is 32.1. The molecule has 1 aliphatic heterocycles. The molecular weight excluding hydrogens is 737 g/mol. The maximum absolute atomic E-state index is 12.8. The molecule has 5 aromatic rings. The highest BCUT2D eigenvalue weighted by molar-refractivity contribution is 7.12. The smallest absolute Gasteiger partial charge is 0.411 e. The lowest BCUT2D eigenvalue weighted by molar-refractivity contribution is 0.0587. The Balaban J connectivity index is 0.908. The van der Waals surface area contributed by atoms with Crippen LogP contribution in [-0.2, 0) is 22.0 Å². The Bertz CT molecular complexity index is 2100. The molecule has 1 fully saturated rings. The summed E-state index contributed by atoms with van der Waals surface area (Å²) in [5.74, 6) is 0.0613. The van der Waals surface area contributed by atoms with E-state index in [4.69, 9.17) is 9.16 Å². The summed E-state index contributed by atoms with van der Waals surface area (Å²) in [7, 11) is -2.13. The molecule has 1 aliphatic rings. The van der Waals surface area contributed by atoms with Crippen molar-refractivity contribution in [2.75, 3.05) is 38.0 Å². The van der Waals surface area contributed by atoms with Gasteiger partial charge in [-0.15, -0.1) is 11.3 Å². The summed E-state index contributed by atoms with van der Waals surface area (Å²) < 4.78 is 12.8. The van der Waals surface area contributed by atoms with E-state index < -0.39 is 14.4 Å². The van der Waals surface area contributed by atoms with Crippen molar-refractivity contribution in [2.45, 2.75) is 89.6 Å². The number of rotatable bonds is 16. The maximum Gasteiger partial charge on any atom is 0.411 e. The first-order valence-electron chi connectivity index (χ1n) is 20.0. The fourth-order valence-electron chi connectivity index (χ4n) is 7.08. The molecule has 4 N–H and O–H groups in total. The number of phenols is 1.